The van der Waals surface area contributed by atoms with Crippen molar-refractivity contribution in [3.8, 4) is 0 Å². The molecule has 0 saturated carbocycles. The molecule has 1 heterocycles. The second-order valence-corrected chi connectivity index (χ2v) is 13.9. The first-order valence-corrected chi connectivity index (χ1v) is 16.1. The smallest absolute Gasteiger partial charge is 0.327 e. The summed E-state index contributed by atoms with van der Waals surface area (Å²) in [4.78, 5) is 36.0. The van der Waals surface area contributed by atoms with Crippen molar-refractivity contribution in [2.45, 2.75) is 37.8 Å². The molecule has 1 amide bonds. The van der Waals surface area contributed by atoms with Crippen molar-refractivity contribution in [1.82, 2.24) is 15.2 Å². The number of aromatic nitrogens is 1. The number of anilines is 2. The lowest BCUT2D eigenvalue weighted by atomic mass is 10.0. The molecule has 0 spiro atoms. The van der Waals surface area contributed by atoms with Gasteiger partial charge in [0.05, 0.1) is 5.69 Å². The number of benzene rings is 3. The number of fused-ring (bicyclic) bond motifs is 1. The van der Waals surface area contributed by atoms with Gasteiger partial charge in [0.25, 0.3) is 5.91 Å². The predicted molar refractivity (Wildman–Crippen MR) is 187 cm³/mol. The van der Waals surface area contributed by atoms with Gasteiger partial charge in [-0.15, -0.1) is 0 Å². The Morgan fingerprint density at radius 1 is 0.911 bits per heavy atom. The van der Waals surface area contributed by atoms with Crippen molar-refractivity contribution in [3.63, 3.8) is 0 Å². The van der Waals surface area contributed by atoms with Gasteiger partial charge in [0.2, 0.25) is 0 Å². The van der Waals surface area contributed by atoms with Crippen molar-refractivity contribution in [2.75, 3.05) is 50.0 Å². The summed E-state index contributed by atoms with van der Waals surface area (Å²) in [6.07, 6.45) is 1.76. The van der Waals surface area contributed by atoms with Crippen LogP contribution in [0.2, 0.25) is 10.0 Å². The number of nitrogens with one attached hydrogen (secondary N) is 1. The van der Waals surface area contributed by atoms with Crippen molar-refractivity contribution >= 4 is 69.3 Å². The zero-order chi connectivity index (χ0) is 32.7. The minimum atomic E-state index is -0.645. The number of ether oxygens (including phenoxy) is 1. The number of pyridine rings is 1. The standard InChI is InChI=1S/C34H39Cl2N5O3S/c1-34(2,3)44-32(42)22-41(45-26-19-24(35)18-25(36)20-26)30-12-8-9-27-28(30)10-7-11-29(27)33(43)38-21-23-13-14-37-31(17-23)40(6)16-15-39(4)5/h7-14,17-20H,15-16,21-22H2,1-6H3,(H,38,43). The molecule has 45 heavy (non-hydrogen) atoms. The molecule has 0 radical (unpaired) electrons. The van der Waals surface area contributed by atoms with Crippen LogP contribution in [0.25, 0.3) is 10.8 Å². The minimum absolute atomic E-state index is 0.0467. The molecule has 0 aliphatic rings. The van der Waals surface area contributed by atoms with Gasteiger partial charge < -0.3 is 24.2 Å². The topological polar surface area (TPSA) is 78.0 Å². The number of hydrogen-bond donors (Lipinski definition) is 1. The maximum atomic E-state index is 13.5. The van der Waals surface area contributed by atoms with Crippen LogP contribution in [0.1, 0.15) is 36.7 Å². The van der Waals surface area contributed by atoms with Gasteiger partial charge >= 0.3 is 5.97 Å². The van der Waals surface area contributed by atoms with E-state index in [0.717, 1.165) is 45.8 Å². The molecule has 0 unspecified atom stereocenters. The normalized spacial score (nSPS) is 11.5. The van der Waals surface area contributed by atoms with Crippen LogP contribution in [-0.4, -0.2) is 68.1 Å². The van der Waals surface area contributed by atoms with Crippen molar-refractivity contribution in [3.05, 3.63) is 94.1 Å². The van der Waals surface area contributed by atoms with Gasteiger partial charge in [-0.2, -0.15) is 0 Å². The molecule has 0 saturated heterocycles. The molecule has 0 atom stereocenters. The Morgan fingerprint density at radius 3 is 2.29 bits per heavy atom. The molecule has 238 valence electrons. The third-order valence-electron chi connectivity index (χ3n) is 6.69. The number of amides is 1. The molecular weight excluding hydrogens is 629 g/mol. The van der Waals surface area contributed by atoms with E-state index >= 15 is 0 Å². The van der Waals surface area contributed by atoms with Gasteiger partial charge in [-0.3, -0.25) is 9.59 Å². The fraction of sp³-hybridized carbons (Fsp3) is 0.324. The van der Waals surface area contributed by atoms with Crippen molar-refractivity contribution in [1.29, 1.82) is 0 Å². The van der Waals surface area contributed by atoms with Crippen LogP contribution >= 0.6 is 35.1 Å². The number of rotatable bonds is 12. The lowest BCUT2D eigenvalue weighted by Crippen LogP contribution is -2.31. The van der Waals surface area contributed by atoms with E-state index in [1.54, 1.807) is 30.5 Å². The third-order valence-corrected chi connectivity index (χ3v) is 8.12. The summed E-state index contributed by atoms with van der Waals surface area (Å²) in [6.45, 7) is 7.54. The highest BCUT2D eigenvalue weighted by Crippen LogP contribution is 2.37. The zero-order valence-electron chi connectivity index (χ0n) is 26.4. The van der Waals surface area contributed by atoms with Crippen LogP contribution in [0.5, 0.6) is 0 Å². The summed E-state index contributed by atoms with van der Waals surface area (Å²) >= 11 is 13.9. The largest absolute Gasteiger partial charge is 0.459 e. The van der Waals surface area contributed by atoms with E-state index < -0.39 is 11.6 Å². The van der Waals surface area contributed by atoms with E-state index in [9.17, 15) is 9.59 Å². The van der Waals surface area contributed by atoms with Gasteiger partial charge in [-0.25, -0.2) is 4.98 Å². The maximum absolute atomic E-state index is 13.5. The van der Waals surface area contributed by atoms with Crippen LogP contribution in [0.4, 0.5) is 11.5 Å². The average molecular weight is 669 g/mol. The monoisotopic (exact) mass is 667 g/mol. The number of carbonyl (C=O) groups excluding carboxylic acids is 2. The number of carbonyl (C=O) groups is 2. The first-order chi connectivity index (χ1) is 21.3. The minimum Gasteiger partial charge on any atom is -0.459 e. The highest BCUT2D eigenvalue weighted by molar-refractivity contribution is 8.00. The lowest BCUT2D eigenvalue weighted by molar-refractivity contribution is -0.152. The fourth-order valence-electron chi connectivity index (χ4n) is 4.60. The van der Waals surface area contributed by atoms with E-state index in [2.05, 4.69) is 20.1 Å². The second-order valence-electron chi connectivity index (χ2n) is 11.9. The Morgan fingerprint density at radius 2 is 1.60 bits per heavy atom. The summed E-state index contributed by atoms with van der Waals surface area (Å²) in [5.74, 6) is 0.255. The molecule has 0 bridgehead atoms. The van der Waals surface area contributed by atoms with E-state index in [-0.39, 0.29) is 12.5 Å². The summed E-state index contributed by atoms with van der Waals surface area (Å²) < 4.78 is 7.49. The van der Waals surface area contributed by atoms with Crippen molar-refractivity contribution < 1.29 is 14.3 Å². The molecule has 3 aromatic carbocycles. The molecular formula is C34H39Cl2N5O3S. The highest BCUT2D eigenvalue weighted by Gasteiger charge is 2.23. The summed E-state index contributed by atoms with van der Waals surface area (Å²) in [7, 11) is 6.08. The van der Waals surface area contributed by atoms with Gasteiger partial charge in [0.1, 0.15) is 18.0 Å². The SMILES string of the molecule is CN(C)CCN(C)c1cc(CNC(=O)c2cccc3c(N(CC(=O)OC(C)(C)C)Sc4cc(Cl)cc(Cl)c4)cccc23)ccn1. The van der Waals surface area contributed by atoms with E-state index in [0.29, 0.717) is 22.2 Å². The average Bonchev–Trinajstić information content (AvgIpc) is 2.96. The molecule has 0 aliphatic carbocycles. The van der Waals surface area contributed by atoms with Crippen LogP contribution in [0, 0.1) is 0 Å². The van der Waals surface area contributed by atoms with E-state index in [1.165, 1.54) is 11.9 Å². The number of nitrogens with zero attached hydrogens (tertiary/aromatic N) is 4. The number of esters is 1. The number of likely N-dealkylation sites (N-methyl/N-ethyl adjacent to an activating group) is 2. The number of hydrogen-bond acceptors (Lipinski definition) is 8. The Labute approximate surface area is 279 Å². The van der Waals surface area contributed by atoms with Crippen LogP contribution in [0.3, 0.4) is 0 Å². The second kappa shape index (κ2) is 15.2. The fourth-order valence-corrected chi connectivity index (χ4v) is 6.29. The Balaban J connectivity index is 1.60. The molecule has 8 nitrogen and oxygen atoms in total. The van der Waals surface area contributed by atoms with Crippen LogP contribution in [0.15, 0.2) is 77.8 Å². The van der Waals surface area contributed by atoms with Gasteiger partial charge in [-0.05, 0) is 100 Å². The summed E-state index contributed by atoms with van der Waals surface area (Å²) in [6, 6.07) is 20.4. The van der Waals surface area contributed by atoms with Crippen molar-refractivity contribution in [2.24, 2.45) is 0 Å². The lowest BCUT2D eigenvalue weighted by Gasteiger charge is -2.27. The summed E-state index contributed by atoms with van der Waals surface area (Å²) in [5, 5.41) is 5.60. The van der Waals surface area contributed by atoms with E-state index in [4.69, 9.17) is 27.9 Å². The first kappa shape index (κ1) is 34.4. The van der Waals surface area contributed by atoms with Crippen LogP contribution in [-0.2, 0) is 16.1 Å². The van der Waals surface area contributed by atoms with Crippen LogP contribution < -0.4 is 14.5 Å². The molecule has 0 fully saturated rings. The van der Waals surface area contributed by atoms with Gasteiger partial charge in [-0.1, -0.05) is 47.5 Å². The molecule has 4 aromatic rings. The maximum Gasteiger partial charge on any atom is 0.327 e. The first-order valence-electron chi connectivity index (χ1n) is 14.5. The number of halogens is 2. The van der Waals surface area contributed by atoms with Gasteiger partial charge in [0.15, 0.2) is 0 Å². The predicted octanol–water partition coefficient (Wildman–Crippen LogP) is 7.32. The Bertz CT molecular complexity index is 1640. The summed E-state index contributed by atoms with van der Waals surface area (Å²) in [5.41, 5.74) is 1.58. The molecule has 1 N–H and O–H groups in total. The molecule has 4 rings (SSSR count). The Kier molecular flexibility index (Phi) is 11.6. The molecule has 0 aliphatic heterocycles. The molecule has 11 heteroatoms. The highest BCUT2D eigenvalue weighted by atomic mass is 35.5. The third kappa shape index (κ3) is 9.99. The van der Waals surface area contributed by atoms with E-state index in [1.807, 2.05) is 88.7 Å². The zero-order valence-corrected chi connectivity index (χ0v) is 28.8. The quantitative estimate of drug-likeness (QED) is 0.124. The van der Waals surface area contributed by atoms with Gasteiger partial charge in [0, 0.05) is 58.8 Å². The molecule has 1 aromatic heterocycles. The Hall–Kier alpha value is -3.50.